The van der Waals surface area contributed by atoms with Gasteiger partial charge in [-0.2, -0.15) is 11.8 Å². The van der Waals surface area contributed by atoms with Crippen LogP contribution >= 0.6 is 11.8 Å². The first kappa shape index (κ1) is 29.0. The largest absolute Gasteiger partial charge is 0.460 e. The summed E-state index contributed by atoms with van der Waals surface area (Å²) in [7, 11) is 0. The summed E-state index contributed by atoms with van der Waals surface area (Å²) >= 11 is 1.55. The first-order chi connectivity index (χ1) is 14.7. The van der Waals surface area contributed by atoms with Crippen LogP contribution < -0.4 is 5.32 Å². The summed E-state index contributed by atoms with van der Waals surface area (Å²) < 4.78 is 5.10. The van der Waals surface area contributed by atoms with E-state index in [1.807, 2.05) is 0 Å². The van der Waals surface area contributed by atoms with Crippen LogP contribution in [0.4, 0.5) is 0 Å². The molecule has 174 valence electrons. The second kappa shape index (κ2) is 22.7. The third kappa shape index (κ3) is 19.0. The highest BCUT2D eigenvalue weighted by molar-refractivity contribution is 7.99. The minimum absolute atomic E-state index is 0.0715. The highest BCUT2D eigenvalue weighted by Gasteiger charge is 2.21. The van der Waals surface area contributed by atoms with Crippen molar-refractivity contribution in [3.05, 3.63) is 26.0 Å². The topological polar surface area (TPSA) is 55.4 Å². The molecule has 0 rings (SSSR count). The van der Waals surface area contributed by atoms with E-state index in [9.17, 15) is 9.59 Å². The molecule has 30 heavy (non-hydrogen) atoms. The number of hydrogen-bond acceptors (Lipinski definition) is 4. The third-order valence-electron chi connectivity index (χ3n) is 4.99. The number of hydrogen-bond donors (Lipinski definition) is 1. The van der Waals surface area contributed by atoms with Crippen LogP contribution in [0.5, 0.6) is 0 Å². The van der Waals surface area contributed by atoms with Crippen LogP contribution in [0.1, 0.15) is 96.8 Å². The van der Waals surface area contributed by atoms with E-state index in [0.717, 1.165) is 18.6 Å². The summed E-state index contributed by atoms with van der Waals surface area (Å²) in [4.78, 5) is 24.3. The number of carbonyl (C=O) groups is 2. The van der Waals surface area contributed by atoms with Gasteiger partial charge in [0, 0.05) is 12.2 Å². The number of unbranched alkanes of at least 4 members (excludes halogenated alkanes) is 12. The summed E-state index contributed by atoms with van der Waals surface area (Å²) in [5, 5.41) is 2.83. The quantitative estimate of drug-likeness (QED) is 0.120. The molecule has 0 aliphatic rings. The van der Waals surface area contributed by atoms with Gasteiger partial charge in [0.1, 0.15) is 12.6 Å². The van der Waals surface area contributed by atoms with Crippen LogP contribution in [0, 0.1) is 13.3 Å². The predicted molar refractivity (Wildman–Crippen MR) is 130 cm³/mol. The lowest BCUT2D eigenvalue weighted by Gasteiger charge is -2.17. The van der Waals surface area contributed by atoms with Gasteiger partial charge in [0.25, 0.3) is 0 Å². The molecule has 0 heterocycles. The van der Waals surface area contributed by atoms with E-state index < -0.39 is 12.0 Å². The van der Waals surface area contributed by atoms with Crippen LogP contribution in [-0.4, -0.2) is 36.0 Å². The van der Waals surface area contributed by atoms with Crippen molar-refractivity contribution >= 4 is 23.6 Å². The molecular weight excluding hydrogens is 394 g/mol. The molecule has 1 atom stereocenters. The normalized spacial score (nSPS) is 11.8. The van der Waals surface area contributed by atoms with Crippen LogP contribution in [0.25, 0.3) is 0 Å². The molecule has 0 saturated heterocycles. The Hall–Kier alpha value is -0.970. The van der Waals surface area contributed by atoms with E-state index in [4.69, 9.17) is 4.74 Å². The SMILES string of the molecule is [CH2][CH]CSC[C@H](NC(=O)CCCCCCCCCCCCCCC)C(=O)OCC=C. The number of rotatable bonds is 22. The Morgan fingerprint density at radius 3 is 1.97 bits per heavy atom. The van der Waals surface area contributed by atoms with Crippen LogP contribution in [0.3, 0.4) is 0 Å². The molecule has 0 saturated carbocycles. The van der Waals surface area contributed by atoms with Gasteiger partial charge in [-0.3, -0.25) is 4.79 Å². The first-order valence-corrected chi connectivity index (χ1v) is 13.1. The van der Waals surface area contributed by atoms with E-state index in [-0.39, 0.29) is 12.5 Å². The average Bonchev–Trinajstić information content (AvgIpc) is 2.74. The fourth-order valence-corrected chi connectivity index (χ4v) is 4.01. The minimum atomic E-state index is -0.607. The maximum atomic E-state index is 12.2. The molecule has 0 aromatic rings. The van der Waals surface area contributed by atoms with Crippen LogP contribution in [0.15, 0.2) is 12.7 Å². The molecule has 2 radical (unpaired) electrons. The number of carbonyl (C=O) groups excluding carboxylic acids is 2. The zero-order valence-electron chi connectivity index (χ0n) is 19.3. The lowest BCUT2D eigenvalue weighted by molar-refractivity contribution is -0.146. The van der Waals surface area contributed by atoms with Crippen LogP contribution in [0.2, 0.25) is 0 Å². The maximum Gasteiger partial charge on any atom is 0.329 e. The minimum Gasteiger partial charge on any atom is -0.460 e. The lowest BCUT2D eigenvalue weighted by Crippen LogP contribution is -2.43. The predicted octanol–water partition coefficient (Wildman–Crippen LogP) is 6.45. The molecular formula is C25H45NO3S. The molecule has 1 amide bonds. The molecule has 0 aromatic carbocycles. The molecule has 0 aliphatic carbocycles. The summed E-state index contributed by atoms with van der Waals surface area (Å²) in [6, 6.07) is -0.607. The Balaban J connectivity index is 3.74. The van der Waals surface area contributed by atoms with Crippen molar-refractivity contribution in [2.45, 2.75) is 103 Å². The molecule has 4 nitrogen and oxygen atoms in total. The van der Waals surface area contributed by atoms with Crippen molar-refractivity contribution in [3.8, 4) is 0 Å². The summed E-state index contributed by atoms with van der Waals surface area (Å²) in [5.41, 5.74) is 0. The van der Waals surface area contributed by atoms with Gasteiger partial charge in [-0.15, -0.1) is 0 Å². The number of nitrogens with one attached hydrogen (secondary N) is 1. The van der Waals surface area contributed by atoms with Crippen molar-refractivity contribution < 1.29 is 14.3 Å². The standard InChI is InChI=1S/C25H45NO3S/c1-4-7-8-9-10-11-12-13-14-15-16-17-18-19-24(27)26-23(22-30-21-6-3)25(28)29-20-5-2/h5-6,23H,2-4,7-22H2,1H3,(H,26,27)/t23-/m0/s1. The molecule has 0 spiro atoms. The fraction of sp³-hybridized carbons (Fsp3) is 0.760. The van der Waals surface area contributed by atoms with Crippen molar-refractivity contribution in [2.24, 2.45) is 0 Å². The molecule has 5 heteroatoms. The van der Waals surface area contributed by atoms with Gasteiger partial charge < -0.3 is 10.1 Å². The Morgan fingerprint density at radius 2 is 1.47 bits per heavy atom. The fourth-order valence-electron chi connectivity index (χ4n) is 3.25. The maximum absolute atomic E-state index is 12.2. The smallest absolute Gasteiger partial charge is 0.329 e. The number of ether oxygens (including phenoxy) is 1. The second-order valence-corrected chi connectivity index (χ2v) is 8.93. The van der Waals surface area contributed by atoms with Gasteiger partial charge in [0.2, 0.25) is 5.91 Å². The van der Waals surface area contributed by atoms with Gasteiger partial charge >= 0.3 is 5.97 Å². The van der Waals surface area contributed by atoms with Gasteiger partial charge in [0.15, 0.2) is 0 Å². The van der Waals surface area contributed by atoms with Gasteiger partial charge in [-0.1, -0.05) is 96.6 Å². The highest BCUT2D eigenvalue weighted by atomic mass is 32.2. The van der Waals surface area contributed by atoms with E-state index in [0.29, 0.717) is 12.2 Å². The Bertz CT molecular complexity index is 429. The third-order valence-corrected chi connectivity index (χ3v) is 6.03. The van der Waals surface area contributed by atoms with E-state index in [1.54, 1.807) is 18.2 Å². The lowest BCUT2D eigenvalue weighted by atomic mass is 10.0. The van der Waals surface area contributed by atoms with Crippen molar-refractivity contribution in [2.75, 3.05) is 18.1 Å². The molecule has 1 N–H and O–H groups in total. The van der Waals surface area contributed by atoms with Crippen molar-refractivity contribution in [1.29, 1.82) is 0 Å². The van der Waals surface area contributed by atoms with E-state index >= 15 is 0 Å². The number of thioether (sulfide) groups is 1. The van der Waals surface area contributed by atoms with E-state index in [2.05, 4.69) is 25.7 Å². The summed E-state index contributed by atoms with van der Waals surface area (Å²) in [5.74, 6) is 0.759. The summed E-state index contributed by atoms with van der Waals surface area (Å²) in [6.07, 6.45) is 20.4. The van der Waals surface area contributed by atoms with Gasteiger partial charge in [0.05, 0.1) is 0 Å². The number of amides is 1. The van der Waals surface area contributed by atoms with Gasteiger partial charge in [-0.25, -0.2) is 4.79 Å². The van der Waals surface area contributed by atoms with Crippen molar-refractivity contribution in [3.63, 3.8) is 0 Å². The van der Waals surface area contributed by atoms with Crippen LogP contribution in [-0.2, 0) is 14.3 Å². The molecule has 0 aliphatic heterocycles. The Labute approximate surface area is 190 Å². The number of esters is 1. The Morgan fingerprint density at radius 1 is 0.933 bits per heavy atom. The van der Waals surface area contributed by atoms with Crippen molar-refractivity contribution in [1.82, 2.24) is 5.32 Å². The monoisotopic (exact) mass is 439 g/mol. The molecule has 0 aromatic heterocycles. The second-order valence-electron chi connectivity index (χ2n) is 7.86. The zero-order valence-corrected chi connectivity index (χ0v) is 20.1. The van der Waals surface area contributed by atoms with E-state index in [1.165, 1.54) is 76.7 Å². The Kier molecular flexibility index (Phi) is 22.0. The molecule has 0 fully saturated rings. The first-order valence-electron chi connectivity index (χ1n) is 11.9. The molecule has 0 bridgehead atoms. The zero-order chi connectivity index (χ0) is 22.3. The highest BCUT2D eigenvalue weighted by Crippen LogP contribution is 2.13. The van der Waals surface area contributed by atoms with Gasteiger partial charge in [-0.05, 0) is 25.5 Å². The summed E-state index contributed by atoms with van der Waals surface area (Å²) in [6.45, 7) is 9.64. The molecule has 0 unspecified atom stereocenters. The average molecular weight is 440 g/mol.